The van der Waals surface area contributed by atoms with Gasteiger partial charge in [-0.05, 0) is 58.2 Å². The van der Waals surface area contributed by atoms with E-state index in [9.17, 15) is 9.59 Å². The summed E-state index contributed by atoms with van der Waals surface area (Å²) in [6, 6.07) is 11.0. The van der Waals surface area contributed by atoms with E-state index in [4.69, 9.17) is 4.43 Å². The molecule has 3 rings (SSSR count). The van der Waals surface area contributed by atoms with E-state index in [1.807, 2.05) is 19.2 Å². The third-order valence-corrected chi connectivity index (χ3v) is 5.65. The van der Waals surface area contributed by atoms with Crippen molar-refractivity contribution in [1.29, 1.82) is 0 Å². The van der Waals surface area contributed by atoms with Crippen LogP contribution in [0.5, 0.6) is 5.75 Å². The number of carbonyl (C=O) groups is 2. The second kappa shape index (κ2) is 7.21. The van der Waals surface area contributed by atoms with Crippen molar-refractivity contribution in [3.05, 3.63) is 68.7 Å². The Morgan fingerprint density at radius 1 is 1.00 bits per heavy atom. The first-order valence-corrected chi connectivity index (χ1v) is 12.0. The highest BCUT2D eigenvalue weighted by Gasteiger charge is 2.33. The Kier molecular flexibility index (Phi) is 5.28. The summed E-state index contributed by atoms with van der Waals surface area (Å²) in [7, 11) is -1.02. The lowest BCUT2D eigenvalue weighted by molar-refractivity contribution is 0.0990. The van der Waals surface area contributed by atoms with Crippen molar-refractivity contribution < 1.29 is 14.0 Å². The Hall–Kier alpha value is -1.98. The molecule has 1 radical (unpaired) electrons. The maximum atomic E-state index is 12.8. The Bertz CT molecular complexity index is 931. The van der Waals surface area contributed by atoms with Gasteiger partial charge < -0.3 is 4.43 Å². The zero-order chi connectivity index (χ0) is 19.9. The summed E-state index contributed by atoms with van der Waals surface area (Å²) in [5.41, 5.74) is 2.92. The van der Waals surface area contributed by atoms with Gasteiger partial charge in [0.2, 0.25) is 0 Å². The van der Waals surface area contributed by atoms with Crippen molar-refractivity contribution in [3.63, 3.8) is 0 Å². The van der Waals surface area contributed by atoms with Gasteiger partial charge in [0.1, 0.15) is 5.75 Å². The summed E-state index contributed by atoms with van der Waals surface area (Å²) in [5, 5.41) is 0. The van der Waals surface area contributed by atoms with Crippen LogP contribution >= 0.6 is 15.9 Å². The SMILES string of the molecule is C[Si](C)Oc1c(Br)cc(C(C)(C)C)cc1C=C1C(=O)c2ccccc2C1=O. The van der Waals surface area contributed by atoms with E-state index >= 15 is 0 Å². The molecule has 0 N–H and O–H groups in total. The number of hydrogen-bond donors (Lipinski definition) is 0. The van der Waals surface area contributed by atoms with Crippen LogP contribution in [-0.4, -0.2) is 20.6 Å². The lowest BCUT2D eigenvalue weighted by Gasteiger charge is -2.23. The Balaban J connectivity index is 2.18. The minimum absolute atomic E-state index is 0.0762. The van der Waals surface area contributed by atoms with E-state index in [1.54, 1.807) is 30.3 Å². The van der Waals surface area contributed by atoms with E-state index in [0.717, 1.165) is 15.6 Å². The fraction of sp³-hybridized carbons (Fsp3) is 0.273. The number of rotatable bonds is 3. The third-order valence-electron chi connectivity index (χ3n) is 4.45. The lowest BCUT2D eigenvalue weighted by atomic mass is 9.85. The van der Waals surface area contributed by atoms with Crippen molar-refractivity contribution >= 4 is 42.6 Å². The van der Waals surface area contributed by atoms with Gasteiger partial charge in [-0.3, -0.25) is 9.59 Å². The molecular weight excluding hydrogens is 420 g/mol. The predicted molar refractivity (Wildman–Crippen MR) is 114 cm³/mol. The number of benzene rings is 2. The van der Waals surface area contributed by atoms with E-state index in [0.29, 0.717) is 16.9 Å². The smallest absolute Gasteiger partial charge is 0.274 e. The minimum Gasteiger partial charge on any atom is -0.541 e. The Morgan fingerprint density at radius 2 is 1.56 bits per heavy atom. The van der Waals surface area contributed by atoms with Gasteiger partial charge in [0, 0.05) is 16.7 Å². The van der Waals surface area contributed by atoms with Crippen LogP contribution in [0.3, 0.4) is 0 Å². The molecule has 0 saturated heterocycles. The largest absolute Gasteiger partial charge is 0.541 e. The summed E-state index contributed by atoms with van der Waals surface area (Å²) < 4.78 is 6.93. The van der Waals surface area contributed by atoms with Gasteiger partial charge in [-0.15, -0.1) is 0 Å². The van der Waals surface area contributed by atoms with Crippen LogP contribution in [0.2, 0.25) is 13.1 Å². The third kappa shape index (κ3) is 3.85. The maximum Gasteiger partial charge on any atom is 0.274 e. The average Bonchev–Trinajstić information content (AvgIpc) is 2.82. The molecule has 0 amide bonds. The standard InChI is InChI=1S/C22H22BrO3Si/c1-22(2,3)14-10-13(21(18(23)12-14)26-27(4)5)11-17-19(24)15-8-6-7-9-16(15)20(17)25/h6-12H,1-5H3. The summed E-state index contributed by atoms with van der Waals surface area (Å²) >= 11 is 3.62. The molecule has 5 heteroatoms. The first-order valence-electron chi connectivity index (χ1n) is 8.81. The monoisotopic (exact) mass is 441 g/mol. The molecule has 0 bridgehead atoms. The molecule has 27 heavy (non-hydrogen) atoms. The Labute approximate surface area is 170 Å². The topological polar surface area (TPSA) is 43.4 Å². The van der Waals surface area contributed by atoms with Crippen molar-refractivity contribution in [3.8, 4) is 5.75 Å². The fourth-order valence-electron chi connectivity index (χ4n) is 3.03. The van der Waals surface area contributed by atoms with Crippen LogP contribution in [0.1, 0.15) is 52.6 Å². The van der Waals surface area contributed by atoms with Crippen LogP contribution in [0.4, 0.5) is 0 Å². The van der Waals surface area contributed by atoms with Gasteiger partial charge in [-0.2, -0.15) is 0 Å². The molecule has 139 valence electrons. The summed E-state index contributed by atoms with van der Waals surface area (Å²) in [5.74, 6) is 0.237. The molecule has 1 aliphatic carbocycles. The van der Waals surface area contributed by atoms with Crippen LogP contribution in [0.25, 0.3) is 6.08 Å². The molecule has 3 nitrogen and oxygen atoms in total. The number of Topliss-reactive ketones (excluding diaryl/α,β-unsaturated/α-hetero) is 2. The van der Waals surface area contributed by atoms with Crippen molar-refractivity contribution in [2.45, 2.75) is 39.3 Å². The van der Waals surface area contributed by atoms with Gasteiger partial charge in [-0.25, -0.2) is 0 Å². The van der Waals surface area contributed by atoms with Crippen molar-refractivity contribution in [1.82, 2.24) is 0 Å². The molecule has 0 heterocycles. The minimum atomic E-state index is -1.02. The number of carbonyl (C=O) groups excluding carboxylic acids is 2. The molecule has 0 aromatic heterocycles. The quantitative estimate of drug-likeness (QED) is 0.341. The van der Waals surface area contributed by atoms with Crippen LogP contribution in [-0.2, 0) is 5.41 Å². The lowest BCUT2D eigenvalue weighted by Crippen LogP contribution is -2.15. The van der Waals surface area contributed by atoms with E-state index in [1.165, 1.54) is 0 Å². The predicted octanol–water partition coefficient (Wildman–Crippen LogP) is 5.84. The molecule has 0 aliphatic heterocycles. The zero-order valence-corrected chi connectivity index (χ0v) is 18.7. The second-order valence-corrected chi connectivity index (χ2v) is 10.8. The van der Waals surface area contributed by atoms with E-state index in [-0.39, 0.29) is 22.6 Å². The zero-order valence-electron chi connectivity index (χ0n) is 16.1. The normalized spacial score (nSPS) is 14.0. The van der Waals surface area contributed by atoms with Gasteiger partial charge >= 0.3 is 0 Å². The van der Waals surface area contributed by atoms with Crippen LogP contribution < -0.4 is 4.43 Å². The fourth-order valence-corrected chi connectivity index (χ4v) is 4.37. The second-order valence-electron chi connectivity index (χ2n) is 7.90. The van der Waals surface area contributed by atoms with E-state index in [2.05, 4.69) is 42.8 Å². The first kappa shape index (κ1) is 19.8. The average molecular weight is 442 g/mol. The number of halogens is 1. The summed E-state index contributed by atoms with van der Waals surface area (Å²) in [6.07, 6.45) is 1.69. The van der Waals surface area contributed by atoms with Crippen LogP contribution in [0, 0.1) is 0 Å². The molecule has 0 fully saturated rings. The van der Waals surface area contributed by atoms with Crippen LogP contribution in [0.15, 0.2) is 46.4 Å². The highest BCUT2D eigenvalue weighted by atomic mass is 79.9. The molecule has 0 saturated carbocycles. The molecule has 0 atom stereocenters. The number of hydrogen-bond acceptors (Lipinski definition) is 3. The molecule has 2 aromatic carbocycles. The summed E-state index contributed by atoms with van der Waals surface area (Å²) in [4.78, 5) is 25.6. The maximum absolute atomic E-state index is 12.8. The Morgan fingerprint density at radius 3 is 2.04 bits per heavy atom. The summed E-state index contributed by atoms with van der Waals surface area (Å²) in [6.45, 7) is 10.5. The molecule has 1 aliphatic rings. The molecule has 0 unspecified atom stereocenters. The van der Waals surface area contributed by atoms with Gasteiger partial charge in [-0.1, -0.05) is 45.0 Å². The highest BCUT2D eigenvalue weighted by Crippen LogP contribution is 2.38. The molecule has 0 spiro atoms. The number of ketones is 2. The highest BCUT2D eigenvalue weighted by molar-refractivity contribution is 9.10. The molecule has 2 aromatic rings. The molecular formula is C22H22BrO3Si. The van der Waals surface area contributed by atoms with Crippen molar-refractivity contribution in [2.75, 3.05) is 0 Å². The number of allylic oxidation sites excluding steroid dienone is 1. The first-order chi connectivity index (χ1) is 12.6. The van der Waals surface area contributed by atoms with Gasteiger partial charge in [0.05, 0.1) is 10.0 Å². The van der Waals surface area contributed by atoms with Crippen molar-refractivity contribution in [2.24, 2.45) is 0 Å². The van der Waals surface area contributed by atoms with E-state index < -0.39 is 9.04 Å². The number of fused-ring (bicyclic) bond motifs is 1. The van der Waals surface area contributed by atoms with Gasteiger partial charge in [0.15, 0.2) is 11.6 Å². The van der Waals surface area contributed by atoms with Gasteiger partial charge in [0.25, 0.3) is 9.04 Å².